The average Bonchev–Trinajstić information content (AvgIpc) is 3.28. The summed E-state index contributed by atoms with van der Waals surface area (Å²) >= 11 is 0. The Hall–Kier alpha value is -2.25. The lowest BCUT2D eigenvalue weighted by molar-refractivity contribution is 0.470. The van der Waals surface area contributed by atoms with E-state index in [0.717, 1.165) is 29.8 Å². The quantitative estimate of drug-likeness (QED) is 0.661. The molecule has 1 fully saturated rings. The molecule has 0 amide bonds. The molecule has 4 rings (SSSR count). The van der Waals surface area contributed by atoms with E-state index < -0.39 is 10.0 Å². The molecule has 0 N–H and O–H groups in total. The van der Waals surface area contributed by atoms with Gasteiger partial charge in [0.1, 0.15) is 11.3 Å². The van der Waals surface area contributed by atoms with Crippen molar-refractivity contribution in [3.05, 3.63) is 54.0 Å². The first-order chi connectivity index (χ1) is 13.4. The maximum Gasteiger partial charge on any atom is 0.243 e. The molecule has 3 heterocycles. The monoisotopic (exact) mass is 398 g/mol. The minimum atomic E-state index is -3.49. The molecule has 0 aliphatic carbocycles. The molecule has 0 radical (unpaired) electrons. The maximum atomic E-state index is 13.1. The van der Waals surface area contributed by atoms with Gasteiger partial charge in [-0.2, -0.15) is 4.31 Å². The molecule has 0 unspecified atom stereocenters. The van der Waals surface area contributed by atoms with Crippen LogP contribution in [0.4, 0.5) is 0 Å². The number of aryl methyl sites for hydroxylation is 1. The summed E-state index contributed by atoms with van der Waals surface area (Å²) in [7, 11) is -1.54. The summed E-state index contributed by atoms with van der Waals surface area (Å²) in [6.45, 7) is 5.28. The molecular formula is C21H26N4O2S. The van der Waals surface area contributed by atoms with Crippen LogP contribution in [0.3, 0.4) is 0 Å². The number of sulfonamides is 1. The van der Waals surface area contributed by atoms with Crippen molar-refractivity contribution in [2.24, 2.45) is 13.0 Å². The molecule has 28 heavy (non-hydrogen) atoms. The first-order valence-corrected chi connectivity index (χ1v) is 11.2. The molecule has 0 bridgehead atoms. The van der Waals surface area contributed by atoms with Crippen molar-refractivity contribution < 1.29 is 8.42 Å². The molecule has 0 spiro atoms. The van der Waals surface area contributed by atoms with E-state index in [2.05, 4.69) is 18.8 Å². The molecule has 7 heteroatoms. The summed E-state index contributed by atoms with van der Waals surface area (Å²) in [5.41, 5.74) is 2.85. The Morgan fingerprint density at radius 2 is 1.93 bits per heavy atom. The van der Waals surface area contributed by atoms with Crippen LogP contribution in [0.15, 0.2) is 47.5 Å². The number of pyridine rings is 1. The standard InChI is InChI=1S/C21H26N4O2S/c1-15(2)13-16-6-8-18(9-7-16)28(26,27)25-12-10-17(14-25)20-23-19-5-4-11-22-21(19)24(20)3/h4-9,11,15,17H,10,12-14H2,1-3H3/t17-/m1/s1. The number of nitrogens with zero attached hydrogens (tertiary/aromatic N) is 4. The highest BCUT2D eigenvalue weighted by Gasteiger charge is 2.35. The van der Waals surface area contributed by atoms with Gasteiger partial charge >= 0.3 is 0 Å². The Morgan fingerprint density at radius 1 is 1.18 bits per heavy atom. The Balaban J connectivity index is 1.55. The lowest BCUT2D eigenvalue weighted by Gasteiger charge is -2.17. The highest BCUT2D eigenvalue weighted by atomic mass is 32.2. The number of benzene rings is 1. The van der Waals surface area contributed by atoms with Gasteiger partial charge in [0, 0.05) is 32.3 Å². The van der Waals surface area contributed by atoms with Crippen LogP contribution >= 0.6 is 0 Å². The largest absolute Gasteiger partial charge is 0.316 e. The zero-order chi connectivity index (χ0) is 19.9. The number of hydrogen-bond acceptors (Lipinski definition) is 4. The lowest BCUT2D eigenvalue weighted by Crippen LogP contribution is -2.29. The van der Waals surface area contributed by atoms with Crippen molar-refractivity contribution in [3.8, 4) is 0 Å². The molecule has 148 valence electrons. The maximum absolute atomic E-state index is 13.1. The zero-order valence-corrected chi connectivity index (χ0v) is 17.4. The third kappa shape index (κ3) is 3.44. The van der Waals surface area contributed by atoms with Crippen LogP contribution in [-0.4, -0.2) is 40.3 Å². The number of aromatic nitrogens is 3. The Bertz CT molecular complexity index is 1090. The normalized spacial score (nSPS) is 18.4. The van der Waals surface area contributed by atoms with Crippen LogP contribution in [0, 0.1) is 5.92 Å². The van der Waals surface area contributed by atoms with E-state index in [0.29, 0.717) is 23.9 Å². The topological polar surface area (TPSA) is 68.1 Å². The SMILES string of the molecule is CC(C)Cc1ccc(S(=O)(=O)N2CC[C@@H](c3nc4cccnc4n3C)C2)cc1. The molecule has 1 atom stereocenters. The van der Waals surface area contributed by atoms with Gasteiger partial charge in [0.15, 0.2) is 5.65 Å². The van der Waals surface area contributed by atoms with E-state index in [-0.39, 0.29) is 5.92 Å². The fraction of sp³-hybridized carbons (Fsp3) is 0.429. The number of imidazole rings is 1. The summed E-state index contributed by atoms with van der Waals surface area (Å²) < 4.78 is 29.7. The molecule has 0 saturated carbocycles. The van der Waals surface area contributed by atoms with Crippen molar-refractivity contribution in [3.63, 3.8) is 0 Å². The fourth-order valence-corrected chi connectivity index (χ4v) is 5.48. The first kappa shape index (κ1) is 19.1. The van der Waals surface area contributed by atoms with Crippen molar-refractivity contribution in [1.29, 1.82) is 0 Å². The van der Waals surface area contributed by atoms with Gasteiger partial charge in [-0.1, -0.05) is 26.0 Å². The van der Waals surface area contributed by atoms with E-state index in [4.69, 9.17) is 4.98 Å². The average molecular weight is 399 g/mol. The van der Waals surface area contributed by atoms with Gasteiger partial charge in [-0.3, -0.25) is 0 Å². The minimum Gasteiger partial charge on any atom is -0.316 e. The molecule has 6 nitrogen and oxygen atoms in total. The van der Waals surface area contributed by atoms with Crippen LogP contribution in [0.5, 0.6) is 0 Å². The Labute approximate surface area is 166 Å². The van der Waals surface area contributed by atoms with Crippen LogP contribution in [0.1, 0.15) is 37.6 Å². The summed E-state index contributed by atoms with van der Waals surface area (Å²) in [4.78, 5) is 9.45. The van der Waals surface area contributed by atoms with E-state index in [1.54, 1.807) is 22.6 Å². The summed E-state index contributed by atoms with van der Waals surface area (Å²) in [6.07, 6.45) is 3.47. The molecule has 1 aromatic carbocycles. The predicted octanol–water partition coefficient (Wildman–Crippen LogP) is 3.35. The second-order valence-corrected chi connectivity index (χ2v) is 9.90. The molecule has 3 aromatic rings. The minimum absolute atomic E-state index is 0.0780. The third-order valence-corrected chi connectivity index (χ3v) is 7.26. The second kappa shape index (κ2) is 7.29. The number of hydrogen-bond donors (Lipinski definition) is 0. The third-order valence-electron chi connectivity index (χ3n) is 5.38. The highest BCUT2D eigenvalue weighted by Crippen LogP contribution is 2.31. The van der Waals surface area contributed by atoms with Crippen molar-refractivity contribution in [1.82, 2.24) is 18.8 Å². The smallest absolute Gasteiger partial charge is 0.243 e. The van der Waals surface area contributed by atoms with Gasteiger partial charge in [0.2, 0.25) is 10.0 Å². The van der Waals surface area contributed by atoms with E-state index in [1.165, 1.54) is 5.56 Å². The van der Waals surface area contributed by atoms with Gasteiger partial charge in [-0.25, -0.2) is 18.4 Å². The van der Waals surface area contributed by atoms with Crippen LogP contribution in [0.2, 0.25) is 0 Å². The zero-order valence-electron chi connectivity index (χ0n) is 16.5. The number of rotatable bonds is 5. The van der Waals surface area contributed by atoms with Gasteiger partial charge < -0.3 is 4.57 Å². The van der Waals surface area contributed by atoms with E-state index in [1.807, 2.05) is 35.9 Å². The Morgan fingerprint density at radius 3 is 2.61 bits per heavy atom. The van der Waals surface area contributed by atoms with Gasteiger partial charge in [0.25, 0.3) is 0 Å². The fourth-order valence-electron chi connectivity index (χ4n) is 3.98. The second-order valence-electron chi connectivity index (χ2n) is 7.97. The number of fused-ring (bicyclic) bond motifs is 1. The molecule has 1 aliphatic heterocycles. The summed E-state index contributed by atoms with van der Waals surface area (Å²) in [5, 5.41) is 0. The van der Waals surface area contributed by atoms with Crippen molar-refractivity contribution in [2.75, 3.05) is 13.1 Å². The predicted molar refractivity (Wildman–Crippen MR) is 110 cm³/mol. The Kier molecular flexibility index (Phi) is 4.97. The van der Waals surface area contributed by atoms with Crippen molar-refractivity contribution in [2.45, 2.75) is 37.5 Å². The molecule has 1 aliphatic rings. The summed E-state index contributed by atoms with van der Waals surface area (Å²) in [6, 6.07) is 11.1. The molecule has 1 saturated heterocycles. The van der Waals surface area contributed by atoms with Crippen LogP contribution < -0.4 is 0 Å². The van der Waals surface area contributed by atoms with E-state index >= 15 is 0 Å². The van der Waals surface area contributed by atoms with Crippen LogP contribution in [0.25, 0.3) is 11.2 Å². The molecular weight excluding hydrogens is 372 g/mol. The lowest BCUT2D eigenvalue weighted by atomic mass is 10.0. The van der Waals surface area contributed by atoms with Crippen LogP contribution in [-0.2, 0) is 23.5 Å². The van der Waals surface area contributed by atoms with Gasteiger partial charge in [-0.15, -0.1) is 0 Å². The summed E-state index contributed by atoms with van der Waals surface area (Å²) in [5.74, 6) is 1.53. The van der Waals surface area contributed by atoms with Gasteiger partial charge in [-0.05, 0) is 48.6 Å². The van der Waals surface area contributed by atoms with Gasteiger partial charge in [0.05, 0.1) is 4.90 Å². The highest BCUT2D eigenvalue weighted by molar-refractivity contribution is 7.89. The van der Waals surface area contributed by atoms with E-state index in [9.17, 15) is 8.42 Å². The van der Waals surface area contributed by atoms with Crippen molar-refractivity contribution >= 4 is 21.2 Å². The first-order valence-electron chi connectivity index (χ1n) is 9.72. The molecule has 2 aromatic heterocycles.